The van der Waals surface area contributed by atoms with Crippen molar-refractivity contribution in [3.05, 3.63) is 24.3 Å². The number of rotatable bonds is 5. The predicted octanol–water partition coefficient (Wildman–Crippen LogP) is 2.47. The van der Waals surface area contributed by atoms with E-state index in [0.29, 0.717) is 12.2 Å². The van der Waals surface area contributed by atoms with E-state index in [2.05, 4.69) is 16.0 Å². The largest absolute Gasteiger partial charge is 0.376 e. The summed E-state index contributed by atoms with van der Waals surface area (Å²) in [4.78, 5) is 24.1. The summed E-state index contributed by atoms with van der Waals surface area (Å²) in [5, 5.41) is 8.48. The van der Waals surface area contributed by atoms with E-state index in [1.54, 1.807) is 24.3 Å². The van der Waals surface area contributed by atoms with Crippen LogP contribution in [0.1, 0.15) is 32.1 Å². The Kier molecular flexibility index (Phi) is 7.68. The summed E-state index contributed by atoms with van der Waals surface area (Å²) in [6.07, 6.45) is 4.65. The molecule has 1 saturated heterocycles. The van der Waals surface area contributed by atoms with Crippen LogP contribution in [0.5, 0.6) is 0 Å². The highest BCUT2D eigenvalue weighted by atomic mass is 35.5. The molecule has 3 rings (SSSR count). The van der Waals surface area contributed by atoms with E-state index in [4.69, 9.17) is 10.5 Å². The molecular weight excluding hydrogens is 356 g/mol. The Bertz CT molecular complexity index is 605. The number of benzene rings is 1. The van der Waals surface area contributed by atoms with Crippen LogP contribution in [0.15, 0.2) is 24.3 Å². The van der Waals surface area contributed by atoms with Crippen LogP contribution in [0.4, 0.5) is 16.2 Å². The van der Waals surface area contributed by atoms with Gasteiger partial charge in [-0.3, -0.25) is 4.79 Å². The molecule has 8 heteroatoms. The minimum atomic E-state index is -0.257. The van der Waals surface area contributed by atoms with Gasteiger partial charge in [-0.2, -0.15) is 0 Å². The average Bonchev–Trinajstić information content (AvgIpc) is 3.26. The van der Waals surface area contributed by atoms with Gasteiger partial charge in [-0.25, -0.2) is 4.79 Å². The molecule has 5 N–H and O–H groups in total. The van der Waals surface area contributed by atoms with Gasteiger partial charge >= 0.3 is 6.03 Å². The van der Waals surface area contributed by atoms with Crippen LogP contribution in [-0.4, -0.2) is 37.2 Å². The van der Waals surface area contributed by atoms with Gasteiger partial charge in [-0.1, -0.05) is 0 Å². The van der Waals surface area contributed by atoms with E-state index in [1.807, 2.05) is 0 Å². The first-order valence-corrected chi connectivity index (χ1v) is 8.93. The van der Waals surface area contributed by atoms with Gasteiger partial charge in [0.05, 0.1) is 6.10 Å². The number of hydrogen-bond acceptors (Lipinski definition) is 4. The molecular formula is C18H27ClN4O3. The number of amides is 3. The first kappa shape index (κ1) is 20.5. The predicted molar refractivity (Wildman–Crippen MR) is 104 cm³/mol. The SMILES string of the molecule is Cl.NC1CCC(C(=O)Nc2ccc(NC(=O)NCC3CCCO3)cc2)C1. The lowest BCUT2D eigenvalue weighted by atomic mass is 10.1. The Morgan fingerprint density at radius 2 is 1.77 bits per heavy atom. The number of urea groups is 1. The number of nitrogens with one attached hydrogen (secondary N) is 3. The summed E-state index contributed by atoms with van der Waals surface area (Å²) in [6, 6.07) is 6.97. The molecule has 0 bridgehead atoms. The molecule has 0 spiro atoms. The molecule has 1 aromatic rings. The van der Waals surface area contributed by atoms with E-state index in [1.165, 1.54) is 0 Å². The Morgan fingerprint density at radius 3 is 2.35 bits per heavy atom. The van der Waals surface area contributed by atoms with Crippen molar-refractivity contribution in [2.75, 3.05) is 23.8 Å². The second kappa shape index (κ2) is 9.75. The van der Waals surface area contributed by atoms with Gasteiger partial charge in [-0.05, 0) is 56.4 Å². The lowest BCUT2D eigenvalue weighted by Gasteiger charge is -2.13. The number of nitrogens with two attached hydrogens (primary N) is 1. The molecule has 3 amide bonds. The van der Waals surface area contributed by atoms with Gasteiger partial charge in [0.1, 0.15) is 0 Å². The molecule has 144 valence electrons. The quantitative estimate of drug-likeness (QED) is 0.627. The summed E-state index contributed by atoms with van der Waals surface area (Å²) < 4.78 is 5.46. The van der Waals surface area contributed by atoms with E-state index < -0.39 is 0 Å². The first-order valence-electron chi connectivity index (χ1n) is 8.93. The lowest BCUT2D eigenvalue weighted by molar-refractivity contribution is -0.119. The minimum Gasteiger partial charge on any atom is -0.376 e. The third kappa shape index (κ3) is 5.86. The maximum absolute atomic E-state index is 12.2. The summed E-state index contributed by atoms with van der Waals surface area (Å²) in [6.45, 7) is 1.29. The Balaban J connectivity index is 0.00000243. The van der Waals surface area contributed by atoms with Gasteiger partial charge in [0.25, 0.3) is 0 Å². The molecule has 1 aliphatic carbocycles. The number of halogens is 1. The van der Waals surface area contributed by atoms with Crippen molar-refractivity contribution in [3.8, 4) is 0 Å². The fraction of sp³-hybridized carbons (Fsp3) is 0.556. The van der Waals surface area contributed by atoms with Crippen molar-refractivity contribution in [2.24, 2.45) is 11.7 Å². The molecule has 1 saturated carbocycles. The van der Waals surface area contributed by atoms with Crippen LogP contribution >= 0.6 is 12.4 Å². The number of carbonyl (C=O) groups is 2. The highest BCUT2D eigenvalue weighted by molar-refractivity contribution is 5.93. The van der Waals surface area contributed by atoms with Crippen LogP contribution < -0.4 is 21.7 Å². The van der Waals surface area contributed by atoms with Crippen LogP contribution in [0.2, 0.25) is 0 Å². The molecule has 1 aliphatic heterocycles. The highest BCUT2D eigenvalue weighted by Gasteiger charge is 2.27. The second-order valence-corrected chi connectivity index (χ2v) is 6.81. The number of anilines is 2. The monoisotopic (exact) mass is 382 g/mol. The third-order valence-corrected chi connectivity index (χ3v) is 4.77. The van der Waals surface area contributed by atoms with E-state index in [9.17, 15) is 9.59 Å². The topological polar surface area (TPSA) is 105 Å². The highest BCUT2D eigenvalue weighted by Crippen LogP contribution is 2.25. The van der Waals surface area contributed by atoms with Gasteiger partial charge in [0.2, 0.25) is 5.91 Å². The Morgan fingerprint density at radius 1 is 1.08 bits per heavy atom. The summed E-state index contributed by atoms with van der Waals surface area (Å²) in [5.41, 5.74) is 7.24. The molecule has 3 unspecified atom stereocenters. The van der Waals surface area contributed by atoms with Crippen LogP contribution in [0.3, 0.4) is 0 Å². The fourth-order valence-electron chi connectivity index (χ4n) is 3.32. The first-order chi connectivity index (χ1) is 12.1. The van der Waals surface area contributed by atoms with Gasteiger partial charge in [-0.15, -0.1) is 12.4 Å². The van der Waals surface area contributed by atoms with Crippen molar-refractivity contribution < 1.29 is 14.3 Å². The lowest BCUT2D eigenvalue weighted by Crippen LogP contribution is -2.35. The second-order valence-electron chi connectivity index (χ2n) is 6.81. The van der Waals surface area contributed by atoms with Gasteiger partial charge < -0.3 is 26.4 Å². The summed E-state index contributed by atoms with van der Waals surface area (Å²) >= 11 is 0. The Labute approximate surface area is 159 Å². The normalized spacial score (nSPS) is 24.6. The van der Waals surface area contributed by atoms with Crippen molar-refractivity contribution in [1.82, 2.24) is 5.32 Å². The van der Waals surface area contributed by atoms with Gasteiger partial charge in [0, 0.05) is 36.5 Å². The minimum absolute atomic E-state index is 0. The number of ether oxygens (including phenoxy) is 1. The summed E-state index contributed by atoms with van der Waals surface area (Å²) in [5.74, 6) is 0.0133. The van der Waals surface area contributed by atoms with Crippen molar-refractivity contribution >= 4 is 35.7 Å². The van der Waals surface area contributed by atoms with E-state index in [-0.39, 0.29) is 42.4 Å². The fourth-order valence-corrected chi connectivity index (χ4v) is 3.32. The molecule has 26 heavy (non-hydrogen) atoms. The summed E-state index contributed by atoms with van der Waals surface area (Å²) in [7, 11) is 0. The van der Waals surface area contributed by atoms with E-state index in [0.717, 1.165) is 44.4 Å². The molecule has 2 aliphatic rings. The number of hydrogen-bond donors (Lipinski definition) is 4. The standard InChI is InChI=1S/C18H26N4O3.ClH/c19-13-4-3-12(10-13)17(23)21-14-5-7-15(8-6-14)22-18(24)20-11-16-2-1-9-25-16;/h5-8,12-13,16H,1-4,9-11,19H2,(H,21,23)(H2,20,22,24);1H. The van der Waals surface area contributed by atoms with Crippen molar-refractivity contribution in [1.29, 1.82) is 0 Å². The van der Waals surface area contributed by atoms with Crippen molar-refractivity contribution in [3.63, 3.8) is 0 Å². The molecule has 1 aromatic carbocycles. The molecule has 0 radical (unpaired) electrons. The third-order valence-electron chi connectivity index (χ3n) is 4.77. The molecule has 7 nitrogen and oxygen atoms in total. The number of carbonyl (C=O) groups excluding carboxylic acids is 2. The molecule has 2 fully saturated rings. The maximum Gasteiger partial charge on any atom is 0.319 e. The zero-order chi connectivity index (χ0) is 17.6. The smallest absolute Gasteiger partial charge is 0.319 e. The maximum atomic E-state index is 12.2. The molecule has 1 heterocycles. The van der Waals surface area contributed by atoms with E-state index >= 15 is 0 Å². The zero-order valence-corrected chi connectivity index (χ0v) is 15.5. The van der Waals surface area contributed by atoms with Crippen LogP contribution in [-0.2, 0) is 9.53 Å². The Hall–Kier alpha value is -1.83. The van der Waals surface area contributed by atoms with Gasteiger partial charge in [0.15, 0.2) is 0 Å². The van der Waals surface area contributed by atoms with Crippen molar-refractivity contribution in [2.45, 2.75) is 44.2 Å². The van der Waals surface area contributed by atoms with Crippen LogP contribution in [0.25, 0.3) is 0 Å². The average molecular weight is 383 g/mol. The zero-order valence-electron chi connectivity index (χ0n) is 14.7. The van der Waals surface area contributed by atoms with Crippen LogP contribution in [0, 0.1) is 5.92 Å². The molecule has 0 aromatic heterocycles. The molecule has 3 atom stereocenters.